The highest BCUT2D eigenvalue weighted by molar-refractivity contribution is 9.10. The summed E-state index contributed by atoms with van der Waals surface area (Å²) in [7, 11) is 0. The molecule has 1 aliphatic heterocycles. The highest BCUT2D eigenvalue weighted by atomic mass is 79.9. The number of rotatable bonds is 3. The second kappa shape index (κ2) is 8.62. The summed E-state index contributed by atoms with van der Waals surface area (Å²) in [6.45, 7) is 2.15. The number of piperazine rings is 1. The lowest BCUT2D eigenvalue weighted by Crippen LogP contribution is -2.50. The van der Waals surface area contributed by atoms with Gasteiger partial charge in [0.05, 0.1) is 5.56 Å². The number of carbonyl (C=O) groups is 2. The number of halogens is 1. The summed E-state index contributed by atoms with van der Waals surface area (Å²) in [5.41, 5.74) is 3.55. The molecular formula is C24H21BrN2O2. The Bertz CT molecular complexity index is 1010. The molecule has 0 spiro atoms. The molecule has 0 unspecified atom stereocenters. The van der Waals surface area contributed by atoms with Gasteiger partial charge in [-0.25, -0.2) is 0 Å². The maximum absolute atomic E-state index is 12.9. The van der Waals surface area contributed by atoms with Crippen molar-refractivity contribution in [1.82, 2.24) is 9.80 Å². The lowest BCUT2D eigenvalue weighted by Gasteiger charge is -2.35. The minimum absolute atomic E-state index is 0.00297. The van der Waals surface area contributed by atoms with Gasteiger partial charge < -0.3 is 9.80 Å². The van der Waals surface area contributed by atoms with E-state index in [4.69, 9.17) is 0 Å². The molecule has 3 aromatic carbocycles. The van der Waals surface area contributed by atoms with Crippen molar-refractivity contribution in [2.75, 3.05) is 26.2 Å². The van der Waals surface area contributed by atoms with Crippen molar-refractivity contribution in [2.45, 2.75) is 0 Å². The molecule has 1 fully saturated rings. The molecule has 0 aliphatic carbocycles. The van der Waals surface area contributed by atoms with Gasteiger partial charge in [0.25, 0.3) is 11.8 Å². The molecule has 0 aromatic heterocycles. The molecule has 1 aliphatic rings. The van der Waals surface area contributed by atoms with Crippen LogP contribution in [0, 0.1) is 0 Å². The molecule has 0 atom stereocenters. The number of hydrogen-bond donors (Lipinski definition) is 0. The quantitative estimate of drug-likeness (QED) is 0.581. The smallest absolute Gasteiger partial charge is 0.255 e. The van der Waals surface area contributed by atoms with Gasteiger partial charge in [0, 0.05) is 36.2 Å². The molecule has 4 rings (SSSR count). The normalized spacial score (nSPS) is 14.0. The molecule has 1 saturated heterocycles. The van der Waals surface area contributed by atoms with Gasteiger partial charge in [-0.15, -0.1) is 0 Å². The number of carbonyl (C=O) groups excluding carboxylic acids is 2. The Morgan fingerprint density at radius 3 is 1.76 bits per heavy atom. The van der Waals surface area contributed by atoms with Crippen LogP contribution in [-0.2, 0) is 0 Å². The van der Waals surface area contributed by atoms with Gasteiger partial charge in [0.2, 0.25) is 0 Å². The first-order valence-corrected chi connectivity index (χ1v) is 10.4. The van der Waals surface area contributed by atoms with Crippen LogP contribution < -0.4 is 0 Å². The fraction of sp³-hybridized carbons (Fsp3) is 0.167. The SMILES string of the molecule is O=C(c1ccc(-c2ccccc2)cc1)N1CCN(C(=O)c2ccccc2Br)CC1. The largest absolute Gasteiger partial charge is 0.335 e. The first-order valence-electron chi connectivity index (χ1n) is 9.62. The fourth-order valence-corrected chi connectivity index (χ4v) is 3.99. The average molecular weight is 449 g/mol. The van der Waals surface area contributed by atoms with E-state index in [0.29, 0.717) is 37.3 Å². The second-order valence-corrected chi connectivity index (χ2v) is 7.86. The third-order valence-electron chi connectivity index (χ3n) is 5.20. The summed E-state index contributed by atoms with van der Waals surface area (Å²) >= 11 is 3.44. The molecule has 0 N–H and O–H groups in total. The number of amides is 2. The van der Waals surface area contributed by atoms with Crippen LogP contribution in [-0.4, -0.2) is 47.8 Å². The van der Waals surface area contributed by atoms with Crippen molar-refractivity contribution >= 4 is 27.7 Å². The maximum Gasteiger partial charge on any atom is 0.255 e. The van der Waals surface area contributed by atoms with E-state index in [2.05, 4.69) is 28.1 Å². The van der Waals surface area contributed by atoms with Gasteiger partial charge in [-0.05, 0) is 51.3 Å². The predicted molar refractivity (Wildman–Crippen MR) is 118 cm³/mol. The van der Waals surface area contributed by atoms with E-state index >= 15 is 0 Å². The molecule has 0 saturated carbocycles. The van der Waals surface area contributed by atoms with Crippen molar-refractivity contribution < 1.29 is 9.59 Å². The monoisotopic (exact) mass is 448 g/mol. The number of hydrogen-bond acceptors (Lipinski definition) is 2. The molecular weight excluding hydrogens is 428 g/mol. The molecule has 0 radical (unpaired) electrons. The molecule has 4 nitrogen and oxygen atoms in total. The first-order chi connectivity index (χ1) is 14.1. The van der Waals surface area contributed by atoms with E-state index in [1.54, 1.807) is 0 Å². The van der Waals surface area contributed by atoms with Crippen molar-refractivity contribution in [3.63, 3.8) is 0 Å². The minimum atomic E-state index is -0.00297. The van der Waals surface area contributed by atoms with Crippen LogP contribution >= 0.6 is 15.9 Å². The van der Waals surface area contributed by atoms with Gasteiger partial charge >= 0.3 is 0 Å². The molecule has 3 aromatic rings. The lowest BCUT2D eigenvalue weighted by molar-refractivity contribution is 0.0535. The van der Waals surface area contributed by atoms with Gasteiger partial charge in [-0.3, -0.25) is 9.59 Å². The van der Waals surface area contributed by atoms with E-state index in [-0.39, 0.29) is 11.8 Å². The third-order valence-corrected chi connectivity index (χ3v) is 5.89. The summed E-state index contributed by atoms with van der Waals surface area (Å²) in [5, 5.41) is 0. The van der Waals surface area contributed by atoms with E-state index in [0.717, 1.165) is 15.6 Å². The Morgan fingerprint density at radius 2 is 1.14 bits per heavy atom. The van der Waals surface area contributed by atoms with Crippen molar-refractivity contribution in [1.29, 1.82) is 0 Å². The average Bonchev–Trinajstić information content (AvgIpc) is 2.79. The fourth-order valence-electron chi connectivity index (χ4n) is 3.54. The van der Waals surface area contributed by atoms with Crippen LogP contribution in [0.3, 0.4) is 0 Å². The van der Waals surface area contributed by atoms with Crippen LogP contribution in [0.25, 0.3) is 11.1 Å². The Kier molecular flexibility index (Phi) is 5.76. The third kappa shape index (κ3) is 4.25. The number of benzene rings is 3. The zero-order valence-electron chi connectivity index (χ0n) is 15.9. The maximum atomic E-state index is 12.9. The van der Waals surface area contributed by atoms with Gasteiger partial charge in [-0.1, -0.05) is 54.6 Å². The topological polar surface area (TPSA) is 40.6 Å². The number of nitrogens with zero attached hydrogens (tertiary/aromatic N) is 2. The Labute approximate surface area is 178 Å². The molecule has 2 amide bonds. The van der Waals surface area contributed by atoms with Gasteiger partial charge in [0.15, 0.2) is 0 Å². The van der Waals surface area contributed by atoms with Crippen LogP contribution in [0.4, 0.5) is 0 Å². The predicted octanol–water partition coefficient (Wildman–Crippen LogP) is 4.71. The molecule has 0 bridgehead atoms. The Morgan fingerprint density at radius 1 is 0.621 bits per heavy atom. The molecule has 5 heteroatoms. The zero-order chi connectivity index (χ0) is 20.2. The summed E-state index contributed by atoms with van der Waals surface area (Å²) in [6, 6.07) is 25.3. The molecule has 29 heavy (non-hydrogen) atoms. The van der Waals surface area contributed by atoms with Crippen LogP contribution in [0.15, 0.2) is 83.3 Å². The Hall–Kier alpha value is -2.92. The summed E-state index contributed by atoms with van der Waals surface area (Å²) < 4.78 is 0.794. The van der Waals surface area contributed by atoms with Crippen molar-refractivity contribution in [3.05, 3.63) is 94.5 Å². The molecule has 146 valence electrons. The minimum Gasteiger partial charge on any atom is -0.335 e. The molecule has 1 heterocycles. The van der Waals surface area contributed by atoms with Crippen LogP contribution in [0.5, 0.6) is 0 Å². The zero-order valence-corrected chi connectivity index (χ0v) is 17.5. The summed E-state index contributed by atoms with van der Waals surface area (Å²) in [6.07, 6.45) is 0. The van der Waals surface area contributed by atoms with Crippen molar-refractivity contribution in [3.8, 4) is 11.1 Å². The van der Waals surface area contributed by atoms with E-state index in [1.807, 2.05) is 76.5 Å². The Balaban J connectivity index is 1.39. The van der Waals surface area contributed by atoms with Gasteiger partial charge in [0.1, 0.15) is 0 Å². The highest BCUT2D eigenvalue weighted by Gasteiger charge is 2.26. The van der Waals surface area contributed by atoms with E-state index in [9.17, 15) is 9.59 Å². The highest BCUT2D eigenvalue weighted by Crippen LogP contribution is 2.21. The van der Waals surface area contributed by atoms with Crippen LogP contribution in [0.1, 0.15) is 20.7 Å². The van der Waals surface area contributed by atoms with E-state index in [1.165, 1.54) is 0 Å². The van der Waals surface area contributed by atoms with E-state index < -0.39 is 0 Å². The van der Waals surface area contributed by atoms with Crippen molar-refractivity contribution in [2.24, 2.45) is 0 Å². The first kappa shape index (κ1) is 19.4. The second-order valence-electron chi connectivity index (χ2n) is 7.01. The lowest BCUT2D eigenvalue weighted by atomic mass is 10.0. The van der Waals surface area contributed by atoms with Gasteiger partial charge in [-0.2, -0.15) is 0 Å². The standard InChI is InChI=1S/C24H21BrN2O2/c25-22-9-5-4-8-21(22)24(29)27-16-14-26(15-17-27)23(28)20-12-10-19(11-13-20)18-6-2-1-3-7-18/h1-13H,14-17H2. The van der Waals surface area contributed by atoms with Crippen LogP contribution in [0.2, 0.25) is 0 Å². The summed E-state index contributed by atoms with van der Waals surface area (Å²) in [4.78, 5) is 29.2. The summed E-state index contributed by atoms with van der Waals surface area (Å²) in [5.74, 6) is 0.00869.